The van der Waals surface area contributed by atoms with E-state index in [9.17, 15) is 14.4 Å². The van der Waals surface area contributed by atoms with E-state index in [4.69, 9.17) is 22.8 Å². The van der Waals surface area contributed by atoms with Gasteiger partial charge in [0.15, 0.2) is 0 Å². The molecule has 3 rings (SSSR count). The fourth-order valence-electron chi connectivity index (χ4n) is 2.71. The zero-order chi connectivity index (χ0) is 20.3. The lowest BCUT2D eigenvalue weighted by molar-refractivity contribution is -0.122. The van der Waals surface area contributed by atoms with Gasteiger partial charge < -0.3 is 4.74 Å². The summed E-state index contributed by atoms with van der Waals surface area (Å²) in [5.41, 5.74) is 1.22. The topological polar surface area (TPSA) is 75.7 Å². The first kappa shape index (κ1) is 19.2. The molecule has 7 heteroatoms. The molecule has 1 aliphatic heterocycles. The molecule has 0 aliphatic carbocycles. The number of benzene rings is 2. The number of amides is 4. The Labute approximate surface area is 166 Å². The van der Waals surface area contributed by atoms with Crippen molar-refractivity contribution in [3.05, 3.63) is 64.2 Å². The highest BCUT2D eigenvalue weighted by Gasteiger charge is 2.37. The first-order valence-electron chi connectivity index (χ1n) is 8.25. The van der Waals surface area contributed by atoms with Crippen molar-refractivity contribution in [2.75, 3.05) is 11.5 Å². The summed E-state index contributed by atoms with van der Waals surface area (Å²) in [6.45, 7) is 1.77. The number of terminal acetylenes is 1. The number of aryl methyl sites for hydroxylation is 1. The van der Waals surface area contributed by atoms with Gasteiger partial charge in [-0.1, -0.05) is 41.8 Å². The standard InChI is InChI=1S/C21H15ClN2O4/c1-3-10-28-18-7-5-4-6-14(18)11-16-19(25)23-21(27)24(20(16)26)17-12-15(22)9-8-13(17)2/h1,4-9,11-12H,10H2,2H3,(H,23,25,27)/b16-11+. The Kier molecular flexibility index (Phi) is 5.48. The van der Waals surface area contributed by atoms with Gasteiger partial charge in [0.1, 0.15) is 17.9 Å². The summed E-state index contributed by atoms with van der Waals surface area (Å²) >= 11 is 6.01. The van der Waals surface area contributed by atoms with Gasteiger partial charge in [-0.05, 0) is 36.8 Å². The van der Waals surface area contributed by atoms with Gasteiger partial charge in [0.05, 0.1) is 5.69 Å². The van der Waals surface area contributed by atoms with Crippen molar-refractivity contribution >= 4 is 41.2 Å². The van der Waals surface area contributed by atoms with Crippen molar-refractivity contribution < 1.29 is 19.1 Å². The normalized spacial score (nSPS) is 15.4. The number of imide groups is 2. The van der Waals surface area contributed by atoms with Gasteiger partial charge in [-0.15, -0.1) is 6.42 Å². The summed E-state index contributed by atoms with van der Waals surface area (Å²) in [7, 11) is 0. The second-order valence-electron chi connectivity index (χ2n) is 5.92. The number of carbonyl (C=O) groups is 3. The average molecular weight is 395 g/mol. The largest absolute Gasteiger partial charge is 0.480 e. The number of nitrogens with one attached hydrogen (secondary N) is 1. The number of rotatable bonds is 4. The smallest absolute Gasteiger partial charge is 0.335 e. The van der Waals surface area contributed by atoms with Crippen molar-refractivity contribution in [1.82, 2.24) is 5.32 Å². The van der Waals surface area contributed by atoms with Crippen LogP contribution in [0.1, 0.15) is 11.1 Å². The van der Waals surface area contributed by atoms with Gasteiger partial charge >= 0.3 is 6.03 Å². The van der Waals surface area contributed by atoms with E-state index in [1.807, 2.05) is 0 Å². The van der Waals surface area contributed by atoms with E-state index in [1.165, 1.54) is 12.1 Å². The molecule has 1 saturated heterocycles. The predicted molar refractivity (Wildman–Crippen MR) is 106 cm³/mol. The fraction of sp³-hybridized carbons (Fsp3) is 0.0952. The van der Waals surface area contributed by atoms with Crippen molar-refractivity contribution in [2.45, 2.75) is 6.92 Å². The number of ether oxygens (including phenoxy) is 1. The third-order valence-corrected chi connectivity index (χ3v) is 4.28. The molecule has 1 N–H and O–H groups in total. The molecule has 0 spiro atoms. The molecule has 0 atom stereocenters. The molecule has 1 aliphatic rings. The number of para-hydroxylation sites is 1. The molecule has 140 valence electrons. The Balaban J connectivity index is 2.05. The van der Waals surface area contributed by atoms with E-state index in [2.05, 4.69) is 11.2 Å². The highest BCUT2D eigenvalue weighted by molar-refractivity contribution is 6.39. The molecule has 2 aromatic carbocycles. The molecule has 0 aromatic heterocycles. The molecular formula is C21H15ClN2O4. The Morgan fingerprint density at radius 3 is 2.71 bits per heavy atom. The maximum absolute atomic E-state index is 13.0. The zero-order valence-electron chi connectivity index (χ0n) is 14.9. The Hall–Kier alpha value is -3.56. The minimum Gasteiger partial charge on any atom is -0.480 e. The molecular weight excluding hydrogens is 380 g/mol. The van der Waals surface area contributed by atoms with Crippen LogP contribution in [0.15, 0.2) is 48.0 Å². The van der Waals surface area contributed by atoms with Crippen LogP contribution in [0.25, 0.3) is 6.08 Å². The number of hydrogen-bond acceptors (Lipinski definition) is 4. The van der Waals surface area contributed by atoms with Crippen molar-refractivity contribution in [3.63, 3.8) is 0 Å². The van der Waals surface area contributed by atoms with Crippen LogP contribution in [-0.2, 0) is 9.59 Å². The van der Waals surface area contributed by atoms with Crippen molar-refractivity contribution in [3.8, 4) is 18.1 Å². The number of barbiturate groups is 1. The van der Waals surface area contributed by atoms with E-state index in [0.29, 0.717) is 27.6 Å². The predicted octanol–water partition coefficient (Wildman–Crippen LogP) is 3.33. The SMILES string of the molecule is C#CCOc1ccccc1/C=C1\C(=O)NC(=O)N(c2cc(Cl)ccc2C)C1=O. The molecule has 2 aromatic rings. The monoisotopic (exact) mass is 394 g/mol. The Morgan fingerprint density at radius 2 is 1.96 bits per heavy atom. The third-order valence-electron chi connectivity index (χ3n) is 4.04. The first-order chi connectivity index (χ1) is 13.4. The summed E-state index contributed by atoms with van der Waals surface area (Å²) in [5, 5.41) is 2.54. The van der Waals surface area contributed by atoms with Gasteiger partial charge in [0.2, 0.25) is 0 Å². The van der Waals surface area contributed by atoms with Crippen LogP contribution in [0, 0.1) is 19.3 Å². The van der Waals surface area contributed by atoms with Gasteiger partial charge in [0.25, 0.3) is 11.8 Å². The molecule has 1 heterocycles. The second-order valence-corrected chi connectivity index (χ2v) is 6.36. The number of urea groups is 1. The van der Waals surface area contributed by atoms with Gasteiger partial charge in [-0.2, -0.15) is 0 Å². The Morgan fingerprint density at radius 1 is 1.21 bits per heavy atom. The highest BCUT2D eigenvalue weighted by Crippen LogP contribution is 2.29. The quantitative estimate of drug-likeness (QED) is 0.490. The summed E-state index contributed by atoms with van der Waals surface area (Å²) < 4.78 is 5.44. The van der Waals surface area contributed by atoms with Crippen LogP contribution >= 0.6 is 11.6 Å². The summed E-state index contributed by atoms with van der Waals surface area (Å²) in [6, 6.07) is 10.8. The number of anilines is 1. The van der Waals surface area contributed by atoms with Gasteiger partial charge in [-0.25, -0.2) is 9.69 Å². The molecule has 1 fully saturated rings. The summed E-state index contributed by atoms with van der Waals surface area (Å²) in [6.07, 6.45) is 6.58. The fourth-order valence-corrected chi connectivity index (χ4v) is 2.87. The molecule has 0 unspecified atom stereocenters. The van der Waals surface area contributed by atoms with E-state index >= 15 is 0 Å². The van der Waals surface area contributed by atoms with Crippen LogP contribution < -0.4 is 15.0 Å². The molecule has 0 radical (unpaired) electrons. The zero-order valence-corrected chi connectivity index (χ0v) is 15.6. The molecule has 28 heavy (non-hydrogen) atoms. The summed E-state index contributed by atoms with van der Waals surface area (Å²) in [4.78, 5) is 38.6. The number of carbonyl (C=O) groups excluding carboxylic acids is 3. The highest BCUT2D eigenvalue weighted by atomic mass is 35.5. The molecule has 4 amide bonds. The lowest BCUT2D eigenvalue weighted by Crippen LogP contribution is -2.54. The van der Waals surface area contributed by atoms with Crippen LogP contribution in [0.4, 0.5) is 10.5 Å². The van der Waals surface area contributed by atoms with Gasteiger partial charge in [-0.3, -0.25) is 14.9 Å². The van der Waals surface area contributed by atoms with Crippen LogP contribution in [0.5, 0.6) is 5.75 Å². The second kappa shape index (κ2) is 7.99. The van der Waals surface area contributed by atoms with Gasteiger partial charge in [0, 0.05) is 10.6 Å². The van der Waals surface area contributed by atoms with Crippen LogP contribution in [0.3, 0.4) is 0 Å². The van der Waals surface area contributed by atoms with Crippen LogP contribution in [-0.4, -0.2) is 24.5 Å². The minimum atomic E-state index is -0.839. The third kappa shape index (κ3) is 3.75. The molecule has 0 saturated carbocycles. The lowest BCUT2D eigenvalue weighted by Gasteiger charge is -2.27. The minimum absolute atomic E-state index is 0.0344. The van der Waals surface area contributed by atoms with E-state index in [-0.39, 0.29) is 12.2 Å². The molecule has 6 nitrogen and oxygen atoms in total. The maximum Gasteiger partial charge on any atom is 0.335 e. The number of nitrogens with zero attached hydrogens (tertiary/aromatic N) is 1. The van der Waals surface area contributed by atoms with Crippen molar-refractivity contribution in [1.29, 1.82) is 0 Å². The number of halogens is 1. The van der Waals surface area contributed by atoms with Crippen LogP contribution in [0.2, 0.25) is 5.02 Å². The number of hydrogen-bond donors (Lipinski definition) is 1. The molecule has 0 bridgehead atoms. The maximum atomic E-state index is 13.0. The van der Waals surface area contributed by atoms with E-state index in [1.54, 1.807) is 43.3 Å². The first-order valence-corrected chi connectivity index (χ1v) is 8.63. The lowest BCUT2D eigenvalue weighted by atomic mass is 10.1. The van der Waals surface area contributed by atoms with E-state index in [0.717, 1.165) is 4.90 Å². The Bertz CT molecular complexity index is 1050. The van der Waals surface area contributed by atoms with Crippen molar-refractivity contribution in [2.24, 2.45) is 0 Å². The average Bonchev–Trinajstić information content (AvgIpc) is 2.66. The summed E-state index contributed by atoms with van der Waals surface area (Å²) in [5.74, 6) is 1.22. The van der Waals surface area contributed by atoms with E-state index < -0.39 is 17.8 Å².